The Kier molecular flexibility index (Phi) is 2.17. The van der Waals surface area contributed by atoms with Gasteiger partial charge in [-0.3, -0.25) is 0 Å². The Balaban J connectivity index is 2.18. The number of allylic oxidation sites excluding steroid dienone is 1. The number of hydrogen-bond donors (Lipinski definition) is 0. The van der Waals surface area contributed by atoms with Crippen LogP contribution in [0.5, 0.6) is 0 Å². The molecule has 0 radical (unpaired) electrons. The molecular formula is C10H9FS. The maximum absolute atomic E-state index is 12.6. The summed E-state index contributed by atoms with van der Waals surface area (Å²) in [4.78, 5) is 0. The van der Waals surface area contributed by atoms with Gasteiger partial charge in [-0.1, -0.05) is 18.2 Å². The van der Waals surface area contributed by atoms with E-state index in [2.05, 4.69) is 11.5 Å². The van der Waals surface area contributed by atoms with Crippen LogP contribution in [0.25, 0.3) is 0 Å². The normalized spacial score (nSPS) is 21.6. The average Bonchev–Trinajstić information content (AvgIpc) is 2.58. The Morgan fingerprint density at radius 2 is 2.00 bits per heavy atom. The molecule has 2 heteroatoms. The van der Waals surface area contributed by atoms with Gasteiger partial charge in [-0.2, -0.15) is 0 Å². The lowest BCUT2D eigenvalue weighted by molar-refractivity contribution is 0.627. The molecular weight excluding hydrogens is 171 g/mol. The maximum Gasteiger partial charge on any atom is 0.123 e. The highest BCUT2D eigenvalue weighted by atomic mass is 32.2. The molecule has 1 aliphatic rings. The first kappa shape index (κ1) is 7.87. The number of thioether (sulfide) groups is 1. The number of benzene rings is 1. The fraction of sp³-hybridized carbons (Fsp3) is 0.200. The van der Waals surface area contributed by atoms with E-state index in [0.29, 0.717) is 5.25 Å². The van der Waals surface area contributed by atoms with Crippen LogP contribution in [0.3, 0.4) is 0 Å². The van der Waals surface area contributed by atoms with E-state index in [4.69, 9.17) is 0 Å². The lowest BCUT2D eigenvalue weighted by Gasteiger charge is -2.07. The molecule has 1 unspecified atom stereocenters. The molecule has 62 valence electrons. The minimum Gasteiger partial charge on any atom is -0.207 e. The minimum absolute atomic E-state index is 0.158. The second-order valence-electron chi connectivity index (χ2n) is 2.78. The first-order valence-electron chi connectivity index (χ1n) is 3.92. The van der Waals surface area contributed by atoms with Gasteiger partial charge >= 0.3 is 0 Å². The largest absolute Gasteiger partial charge is 0.207 e. The fourth-order valence-electron chi connectivity index (χ4n) is 1.28. The zero-order valence-corrected chi connectivity index (χ0v) is 7.35. The molecule has 12 heavy (non-hydrogen) atoms. The number of hydrogen-bond acceptors (Lipinski definition) is 1. The molecule has 1 atom stereocenters. The summed E-state index contributed by atoms with van der Waals surface area (Å²) in [5, 5.41) is 2.61. The third kappa shape index (κ3) is 1.53. The van der Waals surface area contributed by atoms with E-state index < -0.39 is 0 Å². The highest BCUT2D eigenvalue weighted by molar-refractivity contribution is 8.02. The van der Waals surface area contributed by atoms with Crippen LogP contribution >= 0.6 is 11.8 Å². The minimum atomic E-state index is -0.158. The average molecular weight is 180 g/mol. The fourth-order valence-corrected chi connectivity index (χ4v) is 2.23. The molecule has 0 aromatic heterocycles. The molecule has 0 fully saturated rings. The van der Waals surface area contributed by atoms with Gasteiger partial charge in [0, 0.05) is 5.25 Å². The molecule has 0 spiro atoms. The standard InChI is InChI=1S/C10H9FS/c11-9-5-3-8(4-6-9)10-2-1-7-12-10/h1,3-7,10H,2H2. The Hall–Kier alpha value is -0.760. The van der Waals surface area contributed by atoms with Crippen LogP contribution in [0.1, 0.15) is 17.2 Å². The summed E-state index contributed by atoms with van der Waals surface area (Å²) < 4.78 is 12.6. The van der Waals surface area contributed by atoms with Crippen molar-refractivity contribution >= 4 is 11.8 Å². The van der Waals surface area contributed by atoms with Gasteiger partial charge in [0.15, 0.2) is 0 Å². The lowest BCUT2D eigenvalue weighted by Crippen LogP contribution is -1.88. The van der Waals surface area contributed by atoms with Crippen molar-refractivity contribution in [1.29, 1.82) is 0 Å². The summed E-state index contributed by atoms with van der Waals surface area (Å²) in [7, 11) is 0. The first-order valence-corrected chi connectivity index (χ1v) is 4.86. The van der Waals surface area contributed by atoms with E-state index in [1.807, 2.05) is 12.1 Å². The Morgan fingerprint density at radius 3 is 2.58 bits per heavy atom. The SMILES string of the molecule is Fc1ccc(C2CC=CS2)cc1. The second kappa shape index (κ2) is 3.31. The van der Waals surface area contributed by atoms with E-state index >= 15 is 0 Å². The maximum atomic E-state index is 12.6. The van der Waals surface area contributed by atoms with Crippen molar-refractivity contribution in [2.75, 3.05) is 0 Å². The summed E-state index contributed by atoms with van der Waals surface area (Å²) in [5.74, 6) is -0.158. The Bertz CT molecular complexity index is 281. The molecule has 0 aliphatic carbocycles. The molecule has 0 N–H and O–H groups in total. The monoisotopic (exact) mass is 180 g/mol. The molecule has 1 aromatic carbocycles. The van der Waals surface area contributed by atoms with Gasteiger partial charge in [-0.25, -0.2) is 4.39 Å². The van der Waals surface area contributed by atoms with Crippen molar-refractivity contribution in [3.8, 4) is 0 Å². The van der Waals surface area contributed by atoms with Crippen molar-refractivity contribution < 1.29 is 4.39 Å². The van der Waals surface area contributed by atoms with Gasteiger partial charge < -0.3 is 0 Å². The van der Waals surface area contributed by atoms with Crippen LogP contribution in [0.4, 0.5) is 4.39 Å². The van der Waals surface area contributed by atoms with Gasteiger partial charge in [0.05, 0.1) is 0 Å². The summed E-state index contributed by atoms with van der Waals surface area (Å²) in [6.45, 7) is 0. The molecule has 0 bridgehead atoms. The van der Waals surface area contributed by atoms with E-state index in [1.54, 1.807) is 11.8 Å². The van der Waals surface area contributed by atoms with Gasteiger partial charge in [-0.15, -0.1) is 11.8 Å². The number of rotatable bonds is 1. The van der Waals surface area contributed by atoms with E-state index in [-0.39, 0.29) is 5.82 Å². The highest BCUT2D eigenvalue weighted by Crippen LogP contribution is 2.37. The zero-order valence-electron chi connectivity index (χ0n) is 6.53. The van der Waals surface area contributed by atoms with Crippen molar-refractivity contribution in [2.45, 2.75) is 11.7 Å². The van der Waals surface area contributed by atoms with Crippen molar-refractivity contribution in [2.24, 2.45) is 0 Å². The predicted octanol–water partition coefficient (Wildman–Crippen LogP) is 3.52. The molecule has 0 saturated heterocycles. The van der Waals surface area contributed by atoms with Crippen LogP contribution in [-0.2, 0) is 0 Å². The molecule has 2 rings (SSSR count). The first-order chi connectivity index (χ1) is 5.86. The van der Waals surface area contributed by atoms with Crippen molar-refractivity contribution in [3.05, 3.63) is 47.1 Å². The van der Waals surface area contributed by atoms with Crippen molar-refractivity contribution in [3.63, 3.8) is 0 Å². The van der Waals surface area contributed by atoms with Crippen LogP contribution in [0.15, 0.2) is 35.7 Å². The Labute approximate surface area is 75.5 Å². The summed E-state index contributed by atoms with van der Waals surface area (Å²) in [5.41, 5.74) is 1.21. The van der Waals surface area contributed by atoms with Crippen LogP contribution in [0, 0.1) is 5.82 Å². The lowest BCUT2D eigenvalue weighted by atomic mass is 10.1. The molecule has 0 amide bonds. The summed E-state index contributed by atoms with van der Waals surface area (Å²) in [6.07, 6.45) is 3.22. The zero-order chi connectivity index (χ0) is 8.39. The third-order valence-corrected chi connectivity index (χ3v) is 3.07. The van der Waals surface area contributed by atoms with Gasteiger partial charge in [-0.05, 0) is 29.5 Å². The molecule has 1 aliphatic heterocycles. The van der Waals surface area contributed by atoms with Gasteiger partial charge in [0.1, 0.15) is 5.82 Å². The van der Waals surface area contributed by atoms with E-state index in [9.17, 15) is 4.39 Å². The van der Waals surface area contributed by atoms with E-state index in [1.165, 1.54) is 17.7 Å². The quantitative estimate of drug-likeness (QED) is 0.637. The highest BCUT2D eigenvalue weighted by Gasteiger charge is 2.12. The molecule has 0 nitrogen and oxygen atoms in total. The topological polar surface area (TPSA) is 0 Å². The van der Waals surface area contributed by atoms with Gasteiger partial charge in [0.25, 0.3) is 0 Å². The summed E-state index contributed by atoms with van der Waals surface area (Å²) in [6, 6.07) is 6.77. The van der Waals surface area contributed by atoms with Crippen LogP contribution in [0.2, 0.25) is 0 Å². The van der Waals surface area contributed by atoms with Crippen LogP contribution in [-0.4, -0.2) is 0 Å². The Morgan fingerprint density at radius 1 is 1.25 bits per heavy atom. The summed E-state index contributed by atoms with van der Waals surface area (Å²) >= 11 is 1.80. The van der Waals surface area contributed by atoms with Gasteiger partial charge in [0.2, 0.25) is 0 Å². The molecule has 1 aromatic rings. The molecule has 1 heterocycles. The van der Waals surface area contributed by atoms with Crippen LogP contribution < -0.4 is 0 Å². The van der Waals surface area contributed by atoms with Crippen molar-refractivity contribution in [1.82, 2.24) is 0 Å². The predicted molar refractivity (Wildman–Crippen MR) is 50.5 cm³/mol. The second-order valence-corrected chi connectivity index (χ2v) is 3.90. The van der Waals surface area contributed by atoms with E-state index in [0.717, 1.165) is 6.42 Å². The third-order valence-electron chi connectivity index (χ3n) is 1.93. The number of halogens is 1. The smallest absolute Gasteiger partial charge is 0.123 e. The molecule has 0 saturated carbocycles.